The van der Waals surface area contributed by atoms with Crippen molar-refractivity contribution in [1.29, 1.82) is 0 Å². The standard InChI is InChI=1S/C23H34O4/c1-13(24)26-19-6-5-17-16-11-20(27-14(2)25)23-12-15(23)7-10-22(23,4)18(16)8-9-21(17,19)3/h15-20H,5-12H2,1-4H3/t15-,16+,17-,18+,19-,20+,21-,22-,23+/m1/s1. The average molecular weight is 375 g/mol. The summed E-state index contributed by atoms with van der Waals surface area (Å²) in [5.74, 6) is 2.45. The summed E-state index contributed by atoms with van der Waals surface area (Å²) in [6, 6.07) is 0. The van der Waals surface area contributed by atoms with E-state index in [1.807, 2.05) is 0 Å². The van der Waals surface area contributed by atoms with Crippen LogP contribution in [-0.2, 0) is 19.1 Å². The van der Waals surface area contributed by atoms with Crippen LogP contribution in [0, 0.1) is 39.9 Å². The molecule has 0 aromatic rings. The van der Waals surface area contributed by atoms with E-state index in [2.05, 4.69) is 13.8 Å². The summed E-state index contributed by atoms with van der Waals surface area (Å²) in [6.07, 6.45) is 9.63. The fourth-order valence-corrected chi connectivity index (χ4v) is 8.97. The van der Waals surface area contributed by atoms with Gasteiger partial charge in [-0.3, -0.25) is 9.59 Å². The number of esters is 2. The maximum atomic E-state index is 11.9. The fraction of sp³-hybridized carbons (Fsp3) is 0.913. The van der Waals surface area contributed by atoms with E-state index in [1.54, 1.807) is 6.92 Å². The molecule has 5 aliphatic rings. The molecule has 0 aromatic carbocycles. The van der Waals surface area contributed by atoms with Crippen LogP contribution in [0.15, 0.2) is 0 Å². The molecule has 0 bridgehead atoms. The molecule has 150 valence electrons. The van der Waals surface area contributed by atoms with Gasteiger partial charge in [-0.15, -0.1) is 0 Å². The van der Waals surface area contributed by atoms with Crippen molar-refractivity contribution < 1.29 is 19.1 Å². The lowest BCUT2D eigenvalue weighted by atomic mass is 9.46. The maximum Gasteiger partial charge on any atom is 0.302 e. The van der Waals surface area contributed by atoms with Crippen molar-refractivity contribution in [3.05, 3.63) is 0 Å². The van der Waals surface area contributed by atoms with Crippen molar-refractivity contribution in [3.63, 3.8) is 0 Å². The van der Waals surface area contributed by atoms with Crippen LogP contribution in [0.5, 0.6) is 0 Å². The summed E-state index contributed by atoms with van der Waals surface area (Å²) in [4.78, 5) is 23.6. The fourth-order valence-electron chi connectivity index (χ4n) is 8.97. The van der Waals surface area contributed by atoms with Gasteiger partial charge in [-0.2, -0.15) is 0 Å². The Morgan fingerprint density at radius 2 is 1.56 bits per heavy atom. The Morgan fingerprint density at radius 3 is 2.22 bits per heavy atom. The Kier molecular flexibility index (Phi) is 3.67. The maximum absolute atomic E-state index is 11.9. The van der Waals surface area contributed by atoms with E-state index in [-0.39, 0.29) is 35.0 Å². The molecule has 5 rings (SSSR count). The molecule has 0 heterocycles. The van der Waals surface area contributed by atoms with Gasteiger partial charge < -0.3 is 9.47 Å². The SMILES string of the molecule is CC(=O)O[C@H]1C[C@H]2[C@H]3CC[C@@H](OC(C)=O)[C@]3(C)CC[C@@H]2[C@@]2(C)CC[C@@H]3C[C@]312. The van der Waals surface area contributed by atoms with Crippen molar-refractivity contribution in [2.24, 2.45) is 39.9 Å². The number of hydrogen-bond acceptors (Lipinski definition) is 4. The quantitative estimate of drug-likeness (QED) is 0.668. The highest BCUT2D eigenvalue weighted by Gasteiger charge is 2.78. The third kappa shape index (κ3) is 2.16. The topological polar surface area (TPSA) is 52.6 Å². The number of ether oxygens (including phenoxy) is 2. The van der Waals surface area contributed by atoms with Crippen molar-refractivity contribution >= 4 is 11.9 Å². The van der Waals surface area contributed by atoms with Crippen molar-refractivity contribution in [3.8, 4) is 0 Å². The van der Waals surface area contributed by atoms with Gasteiger partial charge >= 0.3 is 11.9 Å². The van der Waals surface area contributed by atoms with Crippen molar-refractivity contribution in [2.45, 2.75) is 91.3 Å². The van der Waals surface area contributed by atoms with Crippen LogP contribution in [-0.4, -0.2) is 24.1 Å². The predicted octanol–water partition coefficient (Wildman–Crippen LogP) is 4.50. The highest BCUT2D eigenvalue weighted by molar-refractivity contribution is 5.66. The van der Waals surface area contributed by atoms with Crippen molar-refractivity contribution in [2.75, 3.05) is 0 Å². The molecule has 0 aliphatic heterocycles. The molecule has 0 amide bonds. The van der Waals surface area contributed by atoms with Gasteiger partial charge in [0.1, 0.15) is 12.2 Å². The lowest BCUT2D eigenvalue weighted by Crippen LogP contribution is -2.57. The van der Waals surface area contributed by atoms with Crippen LogP contribution in [0.1, 0.15) is 79.1 Å². The minimum atomic E-state index is -0.145. The highest BCUT2D eigenvalue weighted by Crippen LogP contribution is 2.82. The van der Waals surface area contributed by atoms with E-state index < -0.39 is 0 Å². The third-order valence-electron chi connectivity index (χ3n) is 10.1. The lowest BCUT2D eigenvalue weighted by Gasteiger charge is -2.60. The van der Waals surface area contributed by atoms with Crippen LogP contribution < -0.4 is 0 Å². The molecule has 0 radical (unpaired) electrons. The highest BCUT2D eigenvalue weighted by atomic mass is 16.5. The zero-order valence-electron chi connectivity index (χ0n) is 17.3. The normalized spacial score (nSPS) is 55.0. The molecule has 4 heteroatoms. The van der Waals surface area contributed by atoms with Crippen LogP contribution in [0.4, 0.5) is 0 Å². The molecular formula is C23H34O4. The molecule has 0 unspecified atom stereocenters. The zero-order valence-corrected chi connectivity index (χ0v) is 17.3. The summed E-state index contributed by atoms with van der Waals surface area (Å²) >= 11 is 0. The molecule has 4 nitrogen and oxygen atoms in total. The van der Waals surface area contributed by atoms with Gasteiger partial charge in [0.25, 0.3) is 0 Å². The Balaban J connectivity index is 1.48. The number of fused-ring (bicyclic) bond motifs is 4. The molecule has 0 saturated heterocycles. The van der Waals surface area contributed by atoms with Crippen molar-refractivity contribution in [1.82, 2.24) is 0 Å². The summed E-state index contributed by atoms with van der Waals surface area (Å²) < 4.78 is 11.8. The second-order valence-electron chi connectivity index (χ2n) is 10.8. The molecule has 0 aromatic heterocycles. The van der Waals surface area contributed by atoms with E-state index in [4.69, 9.17) is 9.47 Å². The smallest absolute Gasteiger partial charge is 0.302 e. The molecule has 5 fully saturated rings. The van der Waals surface area contributed by atoms with Crippen LogP contribution in [0.2, 0.25) is 0 Å². The lowest BCUT2D eigenvalue weighted by molar-refractivity contribution is -0.187. The summed E-state index contributed by atoms with van der Waals surface area (Å²) in [5.41, 5.74) is 0.680. The van der Waals surface area contributed by atoms with Crippen LogP contribution in [0.25, 0.3) is 0 Å². The number of carbonyl (C=O) groups excluding carboxylic acids is 2. The van der Waals surface area contributed by atoms with E-state index in [0.717, 1.165) is 31.1 Å². The minimum Gasteiger partial charge on any atom is -0.462 e. The van der Waals surface area contributed by atoms with Gasteiger partial charge in [-0.1, -0.05) is 13.8 Å². The Labute approximate surface area is 162 Å². The summed E-state index contributed by atoms with van der Waals surface area (Å²) in [6.45, 7) is 7.99. The number of carbonyl (C=O) groups is 2. The average Bonchev–Trinajstić information content (AvgIpc) is 3.12. The minimum absolute atomic E-state index is 0.0640. The monoisotopic (exact) mass is 374 g/mol. The Bertz CT molecular complexity index is 688. The van der Waals surface area contributed by atoms with Gasteiger partial charge in [-0.05, 0) is 80.5 Å². The van der Waals surface area contributed by atoms with Gasteiger partial charge in [-0.25, -0.2) is 0 Å². The molecular weight excluding hydrogens is 340 g/mol. The molecule has 9 atom stereocenters. The van der Waals surface area contributed by atoms with Crippen LogP contribution >= 0.6 is 0 Å². The predicted molar refractivity (Wildman–Crippen MR) is 101 cm³/mol. The second kappa shape index (κ2) is 5.51. The summed E-state index contributed by atoms with van der Waals surface area (Å²) in [5, 5.41) is 0. The Hall–Kier alpha value is -1.06. The molecule has 0 N–H and O–H groups in total. The molecule has 27 heavy (non-hydrogen) atoms. The van der Waals surface area contributed by atoms with Gasteiger partial charge in [0.15, 0.2) is 0 Å². The van der Waals surface area contributed by atoms with Crippen LogP contribution in [0.3, 0.4) is 0 Å². The number of hydrogen-bond donors (Lipinski definition) is 0. The van der Waals surface area contributed by atoms with E-state index in [9.17, 15) is 9.59 Å². The molecule has 5 saturated carbocycles. The van der Waals surface area contributed by atoms with Gasteiger partial charge in [0.05, 0.1) is 0 Å². The first-order chi connectivity index (χ1) is 12.7. The van der Waals surface area contributed by atoms with Gasteiger partial charge in [0.2, 0.25) is 0 Å². The van der Waals surface area contributed by atoms with Gasteiger partial charge in [0, 0.05) is 24.7 Å². The first kappa shape index (κ1) is 18.0. The van der Waals surface area contributed by atoms with E-state index in [1.165, 1.54) is 39.0 Å². The first-order valence-corrected chi connectivity index (χ1v) is 11.1. The largest absolute Gasteiger partial charge is 0.462 e. The molecule has 1 spiro atoms. The Morgan fingerprint density at radius 1 is 0.852 bits per heavy atom. The third-order valence-corrected chi connectivity index (χ3v) is 10.1. The first-order valence-electron chi connectivity index (χ1n) is 11.1. The van der Waals surface area contributed by atoms with E-state index in [0.29, 0.717) is 17.3 Å². The van der Waals surface area contributed by atoms with E-state index >= 15 is 0 Å². The number of rotatable bonds is 2. The summed E-state index contributed by atoms with van der Waals surface area (Å²) in [7, 11) is 0. The second-order valence-corrected chi connectivity index (χ2v) is 10.8. The zero-order chi connectivity index (χ0) is 19.2. The molecule has 5 aliphatic carbocycles.